The third-order valence-corrected chi connectivity index (χ3v) is 3.07. The fourth-order valence-corrected chi connectivity index (χ4v) is 1.84. The van der Waals surface area contributed by atoms with E-state index in [-0.39, 0.29) is 5.56 Å². The van der Waals surface area contributed by atoms with E-state index in [9.17, 15) is 18.0 Å². The Hall–Kier alpha value is -1.50. The number of carbonyl (C=O) groups excluding carboxylic acids is 1. The van der Waals surface area contributed by atoms with E-state index in [0.29, 0.717) is 24.0 Å². The van der Waals surface area contributed by atoms with Gasteiger partial charge in [0.1, 0.15) is 0 Å². The molecule has 1 N–H and O–H groups in total. The van der Waals surface area contributed by atoms with Crippen molar-refractivity contribution in [1.82, 2.24) is 5.32 Å². The lowest BCUT2D eigenvalue weighted by Gasteiger charge is -2.11. The largest absolute Gasteiger partial charge is 0.502 e. The highest BCUT2D eigenvalue weighted by Gasteiger charge is 2.31. The molecule has 0 saturated heterocycles. The van der Waals surface area contributed by atoms with Crippen LogP contribution in [-0.4, -0.2) is 19.1 Å². The Bertz CT molecular complexity index is 489. The van der Waals surface area contributed by atoms with Gasteiger partial charge in [-0.15, -0.1) is 0 Å². The van der Waals surface area contributed by atoms with Crippen LogP contribution in [0, 0.1) is 0 Å². The van der Waals surface area contributed by atoms with Crippen molar-refractivity contribution in [2.75, 3.05) is 13.2 Å². The summed E-state index contributed by atoms with van der Waals surface area (Å²) in [6.07, 6.45) is -2.66. The highest BCUT2D eigenvalue weighted by molar-refractivity contribution is 9.10. The van der Waals surface area contributed by atoms with Crippen molar-refractivity contribution in [2.24, 2.45) is 0 Å². The molecule has 0 heterocycles. The summed E-state index contributed by atoms with van der Waals surface area (Å²) in [6.45, 7) is 4.05. The Kier molecular flexibility index (Phi) is 6.06. The monoisotopic (exact) mass is 351 g/mol. The lowest BCUT2D eigenvalue weighted by molar-refractivity contribution is -0.137. The van der Waals surface area contributed by atoms with Gasteiger partial charge in [-0.3, -0.25) is 4.79 Å². The van der Waals surface area contributed by atoms with Crippen LogP contribution in [0.4, 0.5) is 13.2 Å². The van der Waals surface area contributed by atoms with Crippen molar-refractivity contribution in [3.05, 3.63) is 46.6 Å². The first kappa shape index (κ1) is 16.6. The summed E-state index contributed by atoms with van der Waals surface area (Å²) in [6, 6.07) is 2.94. The van der Waals surface area contributed by atoms with Crippen molar-refractivity contribution in [1.29, 1.82) is 0 Å². The molecular formula is C13H13BrF3NO2. The molecule has 1 amide bonds. The topological polar surface area (TPSA) is 38.3 Å². The summed E-state index contributed by atoms with van der Waals surface area (Å²) < 4.78 is 42.9. The third-order valence-electron chi connectivity index (χ3n) is 2.38. The van der Waals surface area contributed by atoms with E-state index >= 15 is 0 Å². The van der Waals surface area contributed by atoms with Crippen LogP contribution in [0.3, 0.4) is 0 Å². The number of benzene rings is 1. The van der Waals surface area contributed by atoms with E-state index in [0.717, 1.165) is 12.1 Å². The molecule has 0 fully saturated rings. The van der Waals surface area contributed by atoms with Crippen LogP contribution in [0.1, 0.15) is 22.3 Å². The van der Waals surface area contributed by atoms with E-state index in [4.69, 9.17) is 4.74 Å². The summed E-state index contributed by atoms with van der Waals surface area (Å²) in [7, 11) is 0. The Morgan fingerprint density at radius 3 is 2.75 bits per heavy atom. The Balaban J connectivity index is 2.70. The number of nitrogens with one attached hydrogen (secondary N) is 1. The number of hydrogen-bond donors (Lipinski definition) is 1. The Morgan fingerprint density at radius 1 is 1.45 bits per heavy atom. The molecule has 0 spiro atoms. The van der Waals surface area contributed by atoms with Crippen molar-refractivity contribution < 1.29 is 22.7 Å². The molecular weight excluding hydrogens is 339 g/mol. The van der Waals surface area contributed by atoms with Gasteiger partial charge in [-0.1, -0.05) is 6.58 Å². The van der Waals surface area contributed by atoms with Crippen LogP contribution in [0.15, 0.2) is 35.5 Å². The lowest BCUT2D eigenvalue weighted by Crippen LogP contribution is -2.26. The predicted octanol–water partition coefficient (Wildman–Crippen LogP) is 3.75. The minimum atomic E-state index is -4.48. The van der Waals surface area contributed by atoms with Gasteiger partial charge < -0.3 is 10.1 Å². The first-order chi connectivity index (χ1) is 9.36. The van der Waals surface area contributed by atoms with Crippen LogP contribution in [0.25, 0.3) is 0 Å². The molecule has 0 bridgehead atoms. The molecule has 1 rings (SSSR count). The van der Waals surface area contributed by atoms with Crippen molar-refractivity contribution >= 4 is 21.8 Å². The second kappa shape index (κ2) is 7.33. The molecule has 1 aromatic rings. The van der Waals surface area contributed by atoms with Gasteiger partial charge in [-0.05, 0) is 40.5 Å². The average molecular weight is 352 g/mol. The maximum Gasteiger partial charge on any atom is 0.416 e. The first-order valence-corrected chi connectivity index (χ1v) is 6.53. The molecule has 0 atom stereocenters. The van der Waals surface area contributed by atoms with Crippen molar-refractivity contribution in [2.45, 2.75) is 12.6 Å². The molecule has 0 aliphatic rings. The van der Waals surface area contributed by atoms with Gasteiger partial charge in [0.15, 0.2) is 0 Å². The van der Waals surface area contributed by atoms with Crippen LogP contribution in [-0.2, 0) is 10.9 Å². The van der Waals surface area contributed by atoms with Crippen LogP contribution in [0.5, 0.6) is 0 Å². The van der Waals surface area contributed by atoms with Gasteiger partial charge in [0.05, 0.1) is 24.0 Å². The molecule has 0 unspecified atom stereocenters. The zero-order valence-electron chi connectivity index (χ0n) is 10.5. The Morgan fingerprint density at radius 2 is 2.15 bits per heavy atom. The summed E-state index contributed by atoms with van der Waals surface area (Å²) in [5.74, 6) is -0.568. The predicted molar refractivity (Wildman–Crippen MR) is 72.2 cm³/mol. The number of alkyl halides is 3. The van der Waals surface area contributed by atoms with Crippen LogP contribution in [0.2, 0.25) is 0 Å². The van der Waals surface area contributed by atoms with Crippen LogP contribution < -0.4 is 5.32 Å². The van der Waals surface area contributed by atoms with Gasteiger partial charge in [0, 0.05) is 11.0 Å². The van der Waals surface area contributed by atoms with Gasteiger partial charge in [0.2, 0.25) is 0 Å². The van der Waals surface area contributed by atoms with Gasteiger partial charge in [0.25, 0.3) is 5.91 Å². The lowest BCUT2D eigenvalue weighted by atomic mass is 10.1. The van der Waals surface area contributed by atoms with Gasteiger partial charge in [-0.2, -0.15) is 13.2 Å². The standard InChI is InChI=1S/C13H13BrF3NO2/c1-2-20-7-3-6-18-12(19)10-8-9(13(15,16)17)4-5-11(10)14/h2,4-5,8H,1,3,6-7H2,(H,18,19). The minimum Gasteiger partial charge on any atom is -0.502 e. The number of halogens is 4. The molecule has 0 saturated carbocycles. The summed E-state index contributed by atoms with van der Waals surface area (Å²) in [5.41, 5.74) is -0.912. The average Bonchev–Trinajstić information content (AvgIpc) is 2.37. The Labute approximate surface area is 122 Å². The minimum absolute atomic E-state index is 0.0514. The molecule has 0 aliphatic heterocycles. The molecule has 0 aliphatic carbocycles. The van der Waals surface area contributed by atoms with E-state index in [1.807, 2.05) is 0 Å². The van der Waals surface area contributed by atoms with E-state index in [1.165, 1.54) is 12.3 Å². The maximum absolute atomic E-state index is 12.6. The molecule has 7 heteroatoms. The third kappa shape index (κ3) is 4.88. The van der Waals surface area contributed by atoms with E-state index < -0.39 is 17.6 Å². The zero-order chi connectivity index (χ0) is 15.2. The summed E-state index contributed by atoms with van der Waals surface area (Å²) in [5, 5.41) is 2.53. The van der Waals surface area contributed by atoms with Gasteiger partial charge >= 0.3 is 6.18 Å². The quantitative estimate of drug-likeness (QED) is 0.626. The molecule has 20 heavy (non-hydrogen) atoms. The highest BCUT2D eigenvalue weighted by Crippen LogP contribution is 2.31. The molecule has 110 valence electrons. The number of hydrogen-bond acceptors (Lipinski definition) is 2. The smallest absolute Gasteiger partial charge is 0.416 e. The van der Waals surface area contributed by atoms with E-state index in [1.54, 1.807) is 0 Å². The van der Waals surface area contributed by atoms with Crippen molar-refractivity contribution in [3.8, 4) is 0 Å². The number of rotatable bonds is 6. The second-order valence-electron chi connectivity index (χ2n) is 3.84. The molecule has 3 nitrogen and oxygen atoms in total. The maximum atomic E-state index is 12.6. The van der Waals surface area contributed by atoms with Crippen molar-refractivity contribution in [3.63, 3.8) is 0 Å². The fourth-order valence-electron chi connectivity index (χ4n) is 1.41. The second-order valence-corrected chi connectivity index (χ2v) is 4.69. The number of ether oxygens (including phenoxy) is 1. The van der Waals surface area contributed by atoms with Crippen LogP contribution >= 0.6 is 15.9 Å². The molecule has 1 aromatic carbocycles. The molecule has 0 aromatic heterocycles. The van der Waals surface area contributed by atoms with Gasteiger partial charge in [-0.25, -0.2) is 0 Å². The molecule has 0 radical (unpaired) electrons. The SMILES string of the molecule is C=COCCCNC(=O)c1cc(C(F)(F)F)ccc1Br. The van der Waals surface area contributed by atoms with E-state index in [2.05, 4.69) is 27.8 Å². The number of amides is 1. The first-order valence-electron chi connectivity index (χ1n) is 5.73. The summed E-state index contributed by atoms with van der Waals surface area (Å²) >= 11 is 3.07. The summed E-state index contributed by atoms with van der Waals surface area (Å²) in [4.78, 5) is 11.8. The highest BCUT2D eigenvalue weighted by atomic mass is 79.9. The fraction of sp³-hybridized carbons (Fsp3) is 0.308. The number of carbonyl (C=O) groups is 1. The zero-order valence-corrected chi connectivity index (χ0v) is 12.1. The normalized spacial score (nSPS) is 11.0.